The fourth-order valence-corrected chi connectivity index (χ4v) is 2.04. The fraction of sp³-hybridized carbons (Fsp3) is 0.250. The molecule has 3 nitrogen and oxygen atoms in total. The van der Waals surface area contributed by atoms with E-state index in [-0.39, 0.29) is 11.8 Å². The molecule has 0 spiro atoms. The summed E-state index contributed by atoms with van der Waals surface area (Å²) in [6.45, 7) is 2.37. The Hall–Kier alpha value is -1.48. The first kappa shape index (κ1) is 11.0. The second-order valence-electron chi connectivity index (χ2n) is 3.95. The van der Waals surface area contributed by atoms with E-state index >= 15 is 0 Å². The van der Waals surface area contributed by atoms with Crippen LogP contribution >= 0.6 is 11.6 Å². The van der Waals surface area contributed by atoms with E-state index in [4.69, 9.17) is 17.3 Å². The van der Waals surface area contributed by atoms with E-state index in [0.717, 1.165) is 10.9 Å². The molecular weight excluding hydrogens is 224 g/mol. The Balaban J connectivity index is 2.42. The summed E-state index contributed by atoms with van der Waals surface area (Å²) < 4.78 is 1.97. The first-order valence-corrected chi connectivity index (χ1v) is 5.50. The van der Waals surface area contributed by atoms with E-state index in [9.17, 15) is 4.79 Å². The van der Waals surface area contributed by atoms with Crippen molar-refractivity contribution < 1.29 is 4.79 Å². The summed E-state index contributed by atoms with van der Waals surface area (Å²) in [6.07, 6.45) is 1.93. The van der Waals surface area contributed by atoms with Crippen LogP contribution in [0.3, 0.4) is 0 Å². The maximum atomic E-state index is 11.0. The van der Waals surface area contributed by atoms with Gasteiger partial charge >= 0.3 is 0 Å². The summed E-state index contributed by atoms with van der Waals surface area (Å²) in [5.74, 6) is -0.499. The number of carbonyl (C=O) groups is 1. The Morgan fingerprint density at radius 1 is 1.50 bits per heavy atom. The van der Waals surface area contributed by atoms with E-state index < -0.39 is 0 Å². The molecule has 2 rings (SSSR count). The van der Waals surface area contributed by atoms with Crippen LogP contribution in [-0.4, -0.2) is 10.5 Å². The van der Waals surface area contributed by atoms with Crippen molar-refractivity contribution in [3.8, 4) is 0 Å². The SMILES string of the molecule is CC(Cn1ccc2cccc(Cl)c21)C(N)=O. The molecule has 84 valence electrons. The summed E-state index contributed by atoms with van der Waals surface area (Å²) in [6, 6.07) is 7.73. The van der Waals surface area contributed by atoms with Gasteiger partial charge in [0.15, 0.2) is 0 Å². The van der Waals surface area contributed by atoms with Crippen LogP contribution in [0.5, 0.6) is 0 Å². The quantitative estimate of drug-likeness (QED) is 0.874. The summed E-state index contributed by atoms with van der Waals surface area (Å²) in [4.78, 5) is 11.0. The molecule has 0 radical (unpaired) electrons. The smallest absolute Gasteiger partial charge is 0.222 e. The number of carbonyl (C=O) groups excluding carboxylic acids is 1. The first-order chi connectivity index (χ1) is 7.59. The molecule has 0 aliphatic rings. The van der Waals surface area contributed by atoms with E-state index in [0.29, 0.717) is 11.6 Å². The lowest BCUT2D eigenvalue weighted by atomic mass is 10.1. The number of hydrogen-bond acceptors (Lipinski definition) is 1. The molecule has 0 saturated heterocycles. The van der Waals surface area contributed by atoms with Crippen LogP contribution in [0.15, 0.2) is 30.5 Å². The molecule has 1 atom stereocenters. The summed E-state index contributed by atoms with van der Waals surface area (Å²) in [5.41, 5.74) is 6.21. The zero-order valence-corrected chi connectivity index (χ0v) is 9.74. The number of hydrogen-bond donors (Lipinski definition) is 1. The topological polar surface area (TPSA) is 48.0 Å². The molecular formula is C12H13ClN2O. The number of nitrogens with two attached hydrogens (primary N) is 1. The van der Waals surface area contributed by atoms with Crippen LogP contribution in [0.1, 0.15) is 6.92 Å². The number of benzene rings is 1. The number of amides is 1. The van der Waals surface area contributed by atoms with E-state index in [1.165, 1.54) is 0 Å². The Labute approximate surface area is 98.8 Å². The lowest BCUT2D eigenvalue weighted by Crippen LogP contribution is -2.24. The normalized spacial score (nSPS) is 12.9. The van der Waals surface area contributed by atoms with Gasteiger partial charge in [-0.2, -0.15) is 0 Å². The van der Waals surface area contributed by atoms with Crippen molar-refractivity contribution in [1.82, 2.24) is 4.57 Å². The van der Waals surface area contributed by atoms with Gasteiger partial charge in [0.05, 0.1) is 16.5 Å². The zero-order chi connectivity index (χ0) is 11.7. The van der Waals surface area contributed by atoms with Crippen LogP contribution in [0.4, 0.5) is 0 Å². The van der Waals surface area contributed by atoms with Crippen molar-refractivity contribution in [2.24, 2.45) is 11.7 Å². The van der Waals surface area contributed by atoms with Crippen LogP contribution in [0.25, 0.3) is 10.9 Å². The van der Waals surface area contributed by atoms with Crippen molar-refractivity contribution >= 4 is 28.4 Å². The monoisotopic (exact) mass is 236 g/mol. The highest BCUT2D eigenvalue weighted by molar-refractivity contribution is 6.35. The molecule has 1 unspecified atom stereocenters. The van der Waals surface area contributed by atoms with Crippen LogP contribution in [0.2, 0.25) is 5.02 Å². The predicted octanol–water partition coefficient (Wildman–Crippen LogP) is 2.42. The minimum atomic E-state index is -0.297. The van der Waals surface area contributed by atoms with E-state index in [1.54, 1.807) is 0 Å². The molecule has 16 heavy (non-hydrogen) atoms. The molecule has 0 aliphatic carbocycles. The third-order valence-corrected chi connectivity index (χ3v) is 3.00. The van der Waals surface area contributed by atoms with Gasteiger partial charge in [-0.15, -0.1) is 0 Å². The lowest BCUT2D eigenvalue weighted by molar-refractivity contribution is -0.121. The highest BCUT2D eigenvalue weighted by Crippen LogP contribution is 2.24. The summed E-state index contributed by atoms with van der Waals surface area (Å²) >= 11 is 6.13. The number of halogens is 1. The summed E-state index contributed by atoms with van der Waals surface area (Å²) in [7, 11) is 0. The molecule has 1 heterocycles. The first-order valence-electron chi connectivity index (χ1n) is 5.12. The predicted molar refractivity (Wildman–Crippen MR) is 65.3 cm³/mol. The standard InChI is InChI=1S/C12H13ClN2O/c1-8(12(14)16)7-15-6-5-9-3-2-4-10(13)11(9)15/h2-6,8H,7H2,1H3,(H2,14,16). The fourth-order valence-electron chi connectivity index (χ4n) is 1.75. The number of para-hydroxylation sites is 1. The maximum Gasteiger partial charge on any atom is 0.222 e. The van der Waals surface area contributed by atoms with Gasteiger partial charge in [0.1, 0.15) is 0 Å². The Morgan fingerprint density at radius 3 is 2.94 bits per heavy atom. The van der Waals surface area contributed by atoms with Crippen LogP contribution < -0.4 is 5.73 Å². The van der Waals surface area contributed by atoms with Crippen molar-refractivity contribution in [2.45, 2.75) is 13.5 Å². The minimum absolute atomic E-state index is 0.202. The molecule has 1 aromatic heterocycles. The van der Waals surface area contributed by atoms with Gasteiger partial charge in [0.2, 0.25) is 5.91 Å². The molecule has 0 saturated carbocycles. The van der Waals surface area contributed by atoms with Crippen LogP contribution in [-0.2, 0) is 11.3 Å². The van der Waals surface area contributed by atoms with Gasteiger partial charge in [-0.1, -0.05) is 30.7 Å². The molecule has 1 aromatic carbocycles. The van der Waals surface area contributed by atoms with Crippen molar-refractivity contribution in [1.29, 1.82) is 0 Å². The lowest BCUT2D eigenvalue weighted by Gasteiger charge is -2.10. The van der Waals surface area contributed by atoms with Gasteiger partial charge in [0, 0.05) is 18.1 Å². The number of nitrogens with zero attached hydrogens (tertiary/aromatic N) is 1. The molecule has 0 bridgehead atoms. The van der Waals surface area contributed by atoms with Crippen molar-refractivity contribution in [3.63, 3.8) is 0 Å². The Morgan fingerprint density at radius 2 is 2.25 bits per heavy atom. The molecule has 2 aromatic rings. The summed E-state index contributed by atoms with van der Waals surface area (Å²) in [5, 5.41) is 1.77. The second kappa shape index (κ2) is 4.18. The molecule has 0 aliphatic heterocycles. The van der Waals surface area contributed by atoms with E-state index in [2.05, 4.69) is 0 Å². The number of aromatic nitrogens is 1. The average molecular weight is 237 g/mol. The minimum Gasteiger partial charge on any atom is -0.369 e. The third-order valence-electron chi connectivity index (χ3n) is 2.70. The largest absolute Gasteiger partial charge is 0.369 e. The number of fused-ring (bicyclic) bond motifs is 1. The van der Waals surface area contributed by atoms with E-state index in [1.807, 2.05) is 42.0 Å². The average Bonchev–Trinajstić information content (AvgIpc) is 2.63. The zero-order valence-electron chi connectivity index (χ0n) is 8.98. The second-order valence-corrected chi connectivity index (χ2v) is 4.36. The van der Waals surface area contributed by atoms with Gasteiger partial charge in [-0.3, -0.25) is 4.79 Å². The van der Waals surface area contributed by atoms with Crippen molar-refractivity contribution in [3.05, 3.63) is 35.5 Å². The van der Waals surface area contributed by atoms with Crippen molar-refractivity contribution in [2.75, 3.05) is 0 Å². The van der Waals surface area contributed by atoms with Gasteiger partial charge in [0.25, 0.3) is 0 Å². The highest BCUT2D eigenvalue weighted by atomic mass is 35.5. The maximum absolute atomic E-state index is 11.0. The molecule has 4 heteroatoms. The Kier molecular flexibility index (Phi) is 2.88. The highest BCUT2D eigenvalue weighted by Gasteiger charge is 2.12. The molecule has 1 amide bonds. The Bertz CT molecular complexity index is 533. The van der Waals surface area contributed by atoms with Gasteiger partial charge in [-0.25, -0.2) is 0 Å². The van der Waals surface area contributed by atoms with Crippen LogP contribution in [0, 0.1) is 5.92 Å². The number of primary amides is 1. The molecule has 2 N–H and O–H groups in total. The third kappa shape index (κ3) is 1.91. The van der Waals surface area contributed by atoms with Gasteiger partial charge < -0.3 is 10.3 Å². The molecule has 0 fully saturated rings. The number of rotatable bonds is 3. The van der Waals surface area contributed by atoms with Gasteiger partial charge in [-0.05, 0) is 12.1 Å².